The lowest BCUT2D eigenvalue weighted by atomic mass is 10.0. The first-order chi connectivity index (χ1) is 15.8. The highest BCUT2D eigenvalue weighted by molar-refractivity contribution is 5.46. The van der Waals surface area contributed by atoms with Gasteiger partial charge in [0.05, 0.1) is 19.4 Å². The predicted molar refractivity (Wildman–Crippen MR) is 121 cm³/mol. The highest BCUT2D eigenvalue weighted by atomic mass is 16.5. The lowest BCUT2D eigenvalue weighted by Crippen LogP contribution is -2.48. The average molecular weight is 431 g/mol. The van der Waals surface area contributed by atoms with Gasteiger partial charge in [-0.1, -0.05) is 30.3 Å². The number of tetrazole rings is 1. The van der Waals surface area contributed by atoms with E-state index >= 15 is 0 Å². The summed E-state index contributed by atoms with van der Waals surface area (Å²) in [5.41, 5.74) is 2.39. The van der Waals surface area contributed by atoms with Gasteiger partial charge in [-0.05, 0) is 52.4 Å². The van der Waals surface area contributed by atoms with Crippen LogP contribution in [-0.2, 0) is 6.54 Å². The molecule has 3 heterocycles. The zero-order valence-corrected chi connectivity index (χ0v) is 18.0. The maximum atomic E-state index is 5.53. The summed E-state index contributed by atoms with van der Waals surface area (Å²) in [6.45, 7) is 4.18. The molecule has 2 aromatic heterocycles. The van der Waals surface area contributed by atoms with Gasteiger partial charge < -0.3 is 14.1 Å². The highest BCUT2D eigenvalue weighted by Crippen LogP contribution is 2.30. The van der Waals surface area contributed by atoms with Crippen LogP contribution in [0.1, 0.15) is 23.2 Å². The molecule has 1 fully saturated rings. The summed E-state index contributed by atoms with van der Waals surface area (Å²) in [6.07, 6.45) is 1.67. The minimum Gasteiger partial charge on any atom is -0.497 e. The van der Waals surface area contributed by atoms with Crippen molar-refractivity contribution < 1.29 is 9.15 Å². The van der Waals surface area contributed by atoms with Gasteiger partial charge in [0.2, 0.25) is 0 Å². The molecular formula is C24H26N6O2. The van der Waals surface area contributed by atoms with Crippen LogP contribution in [0.2, 0.25) is 0 Å². The van der Waals surface area contributed by atoms with Gasteiger partial charge in [-0.2, -0.15) is 0 Å². The van der Waals surface area contributed by atoms with Crippen LogP contribution >= 0.6 is 0 Å². The number of piperazine rings is 1. The van der Waals surface area contributed by atoms with Crippen molar-refractivity contribution in [3.05, 3.63) is 90.1 Å². The molecule has 0 spiro atoms. The van der Waals surface area contributed by atoms with Crippen LogP contribution in [0.5, 0.6) is 5.75 Å². The average Bonchev–Trinajstić information content (AvgIpc) is 3.54. The highest BCUT2D eigenvalue weighted by Gasteiger charge is 2.31. The molecular weight excluding hydrogens is 404 g/mol. The molecule has 0 saturated carbocycles. The maximum Gasteiger partial charge on any atom is 0.173 e. The van der Waals surface area contributed by atoms with Gasteiger partial charge in [-0.15, -0.1) is 5.10 Å². The lowest BCUT2D eigenvalue weighted by Gasteiger charge is -2.39. The SMILES string of the molecule is COc1ccc([C@H](c2nnnn2Cc2ccco2)N2CCN(c3ccccc3)CC2)cc1. The Morgan fingerprint density at radius 1 is 0.938 bits per heavy atom. The second kappa shape index (κ2) is 9.23. The van der Waals surface area contributed by atoms with Crippen molar-refractivity contribution in [3.8, 4) is 5.75 Å². The van der Waals surface area contributed by atoms with E-state index in [4.69, 9.17) is 9.15 Å². The topological polar surface area (TPSA) is 72.4 Å². The van der Waals surface area contributed by atoms with Crippen molar-refractivity contribution >= 4 is 5.69 Å². The molecule has 8 heteroatoms. The standard InChI is InChI=1S/C24H26N6O2/c1-31-21-11-9-19(10-12-21)23(24-25-26-27-30(24)18-22-8-5-17-32-22)29-15-13-28(14-16-29)20-6-3-2-4-7-20/h2-12,17,23H,13-16,18H2,1H3/t23-/m1/s1. The minimum absolute atomic E-state index is 0.0659. The Bertz CT molecular complexity index is 1100. The quantitative estimate of drug-likeness (QED) is 0.446. The van der Waals surface area contributed by atoms with E-state index in [2.05, 4.69) is 67.8 Å². The number of furan rings is 1. The third-order valence-electron chi connectivity index (χ3n) is 5.92. The predicted octanol–water partition coefficient (Wildman–Crippen LogP) is 3.23. The van der Waals surface area contributed by atoms with E-state index in [0.29, 0.717) is 6.54 Å². The fourth-order valence-electron chi connectivity index (χ4n) is 4.26. The molecule has 0 unspecified atom stereocenters. The molecule has 5 rings (SSSR count). The Morgan fingerprint density at radius 2 is 1.72 bits per heavy atom. The summed E-state index contributed by atoms with van der Waals surface area (Å²) in [4.78, 5) is 4.87. The summed E-state index contributed by atoms with van der Waals surface area (Å²) < 4.78 is 12.7. The van der Waals surface area contributed by atoms with E-state index in [1.54, 1.807) is 13.4 Å². The van der Waals surface area contributed by atoms with Gasteiger partial charge >= 0.3 is 0 Å². The molecule has 0 bridgehead atoms. The van der Waals surface area contributed by atoms with E-state index in [0.717, 1.165) is 49.1 Å². The summed E-state index contributed by atoms with van der Waals surface area (Å²) in [5.74, 6) is 2.46. The number of hydrogen-bond acceptors (Lipinski definition) is 7. The van der Waals surface area contributed by atoms with Crippen LogP contribution in [0, 0.1) is 0 Å². The Morgan fingerprint density at radius 3 is 2.41 bits per heavy atom. The summed E-state index contributed by atoms with van der Waals surface area (Å²) >= 11 is 0. The van der Waals surface area contributed by atoms with E-state index in [-0.39, 0.29) is 6.04 Å². The Balaban J connectivity index is 1.43. The van der Waals surface area contributed by atoms with Crippen molar-refractivity contribution in [1.82, 2.24) is 25.1 Å². The largest absolute Gasteiger partial charge is 0.497 e. The summed E-state index contributed by atoms with van der Waals surface area (Å²) in [6, 6.07) is 22.5. The van der Waals surface area contributed by atoms with Crippen molar-refractivity contribution in [2.24, 2.45) is 0 Å². The van der Waals surface area contributed by atoms with E-state index in [1.165, 1.54) is 5.69 Å². The van der Waals surface area contributed by atoms with Crippen molar-refractivity contribution in [2.45, 2.75) is 12.6 Å². The number of nitrogens with zero attached hydrogens (tertiary/aromatic N) is 6. The second-order valence-electron chi connectivity index (χ2n) is 7.81. The molecule has 1 atom stereocenters. The van der Waals surface area contributed by atoms with Crippen LogP contribution in [0.4, 0.5) is 5.69 Å². The number of hydrogen-bond donors (Lipinski definition) is 0. The number of benzene rings is 2. The third kappa shape index (κ3) is 4.22. The van der Waals surface area contributed by atoms with Crippen LogP contribution in [0.15, 0.2) is 77.4 Å². The smallest absolute Gasteiger partial charge is 0.173 e. The second-order valence-corrected chi connectivity index (χ2v) is 7.81. The molecule has 2 aromatic carbocycles. The van der Waals surface area contributed by atoms with E-state index < -0.39 is 0 Å². The van der Waals surface area contributed by atoms with Gasteiger partial charge in [0, 0.05) is 31.9 Å². The third-order valence-corrected chi connectivity index (χ3v) is 5.92. The summed E-state index contributed by atoms with van der Waals surface area (Å²) in [5, 5.41) is 12.7. The monoisotopic (exact) mass is 430 g/mol. The zero-order chi connectivity index (χ0) is 21.8. The van der Waals surface area contributed by atoms with Crippen LogP contribution in [0.3, 0.4) is 0 Å². The van der Waals surface area contributed by atoms with Gasteiger partial charge in [0.1, 0.15) is 18.1 Å². The minimum atomic E-state index is -0.0659. The molecule has 0 amide bonds. The van der Waals surface area contributed by atoms with Crippen molar-refractivity contribution in [2.75, 3.05) is 38.2 Å². The maximum absolute atomic E-state index is 5.53. The Labute approximate surface area is 187 Å². The van der Waals surface area contributed by atoms with E-state index in [9.17, 15) is 0 Å². The molecule has 4 aromatic rings. The number of rotatable bonds is 7. The van der Waals surface area contributed by atoms with Crippen LogP contribution < -0.4 is 9.64 Å². The Kier molecular flexibility index (Phi) is 5.85. The van der Waals surface area contributed by atoms with Crippen molar-refractivity contribution in [3.63, 3.8) is 0 Å². The molecule has 0 N–H and O–H groups in total. The first-order valence-electron chi connectivity index (χ1n) is 10.8. The summed E-state index contributed by atoms with van der Waals surface area (Å²) in [7, 11) is 1.68. The fraction of sp³-hybridized carbons (Fsp3) is 0.292. The molecule has 32 heavy (non-hydrogen) atoms. The van der Waals surface area contributed by atoms with Gasteiger partial charge in [0.15, 0.2) is 5.82 Å². The number of aromatic nitrogens is 4. The fourth-order valence-corrected chi connectivity index (χ4v) is 4.26. The lowest BCUT2D eigenvalue weighted by molar-refractivity contribution is 0.200. The number of para-hydroxylation sites is 1. The molecule has 164 valence electrons. The number of methoxy groups -OCH3 is 1. The van der Waals surface area contributed by atoms with Crippen LogP contribution in [0.25, 0.3) is 0 Å². The van der Waals surface area contributed by atoms with E-state index in [1.807, 2.05) is 28.9 Å². The molecule has 1 saturated heterocycles. The normalized spacial score (nSPS) is 15.6. The van der Waals surface area contributed by atoms with Crippen molar-refractivity contribution in [1.29, 1.82) is 0 Å². The van der Waals surface area contributed by atoms with Crippen LogP contribution in [-0.4, -0.2) is 58.4 Å². The first-order valence-corrected chi connectivity index (χ1v) is 10.8. The molecule has 0 radical (unpaired) electrons. The van der Waals surface area contributed by atoms with Gasteiger partial charge in [-0.3, -0.25) is 4.90 Å². The van der Waals surface area contributed by atoms with Gasteiger partial charge in [0.25, 0.3) is 0 Å². The first kappa shape index (κ1) is 20.3. The number of anilines is 1. The molecule has 1 aliphatic heterocycles. The Hall–Kier alpha value is -3.65. The zero-order valence-electron chi connectivity index (χ0n) is 18.0. The molecule has 0 aliphatic carbocycles. The number of ether oxygens (including phenoxy) is 1. The van der Waals surface area contributed by atoms with Gasteiger partial charge in [-0.25, -0.2) is 4.68 Å². The molecule has 1 aliphatic rings. The molecule has 8 nitrogen and oxygen atoms in total.